The van der Waals surface area contributed by atoms with Crippen molar-refractivity contribution in [3.63, 3.8) is 0 Å². The lowest BCUT2D eigenvalue weighted by Gasteiger charge is -2.07. The van der Waals surface area contributed by atoms with Crippen molar-refractivity contribution in [2.45, 2.75) is 11.7 Å². The summed E-state index contributed by atoms with van der Waals surface area (Å²) in [4.78, 5) is 12.2. The van der Waals surface area contributed by atoms with E-state index in [1.165, 1.54) is 24.0 Å². The van der Waals surface area contributed by atoms with Gasteiger partial charge in [0.2, 0.25) is 5.91 Å². The fourth-order valence-electron chi connectivity index (χ4n) is 2.84. The van der Waals surface area contributed by atoms with Crippen LogP contribution in [-0.4, -0.2) is 22.5 Å². The van der Waals surface area contributed by atoms with Crippen LogP contribution in [-0.2, 0) is 11.2 Å². The Balaban J connectivity index is 1.41. The van der Waals surface area contributed by atoms with E-state index in [2.05, 4.69) is 15.5 Å². The van der Waals surface area contributed by atoms with Gasteiger partial charge in [-0.05, 0) is 48.4 Å². The minimum Gasteiger partial charge on any atom is -0.455 e. The van der Waals surface area contributed by atoms with Gasteiger partial charge in [0.05, 0.1) is 17.0 Å². The molecule has 1 amide bonds. The molecule has 0 bridgehead atoms. The van der Waals surface area contributed by atoms with Crippen molar-refractivity contribution in [1.82, 2.24) is 5.32 Å². The van der Waals surface area contributed by atoms with Crippen LogP contribution in [0.3, 0.4) is 0 Å². The van der Waals surface area contributed by atoms with Crippen molar-refractivity contribution >= 4 is 52.3 Å². The summed E-state index contributed by atoms with van der Waals surface area (Å²) >= 11 is 13.4. The number of hydrogen-bond donors (Lipinski definition) is 1. The minimum absolute atomic E-state index is 0.167. The topological polar surface area (TPSA) is 67.0 Å². The quantitative estimate of drug-likeness (QED) is 0.399. The Morgan fingerprint density at radius 2 is 2.00 bits per heavy atom. The highest BCUT2D eigenvalue weighted by molar-refractivity contribution is 8.15. The first-order valence-electron chi connectivity index (χ1n) is 8.87. The Labute approximate surface area is 186 Å². The summed E-state index contributed by atoms with van der Waals surface area (Å²) < 4.78 is 19.4. The van der Waals surface area contributed by atoms with Crippen LogP contribution < -0.4 is 5.32 Å². The number of benzene rings is 2. The molecule has 1 aliphatic rings. The summed E-state index contributed by atoms with van der Waals surface area (Å²) in [6.07, 6.45) is 1.84. The first-order valence-corrected chi connectivity index (χ1v) is 10.5. The molecule has 1 fully saturated rings. The van der Waals surface area contributed by atoms with Crippen LogP contribution in [0.4, 0.5) is 4.39 Å². The summed E-state index contributed by atoms with van der Waals surface area (Å²) in [5.41, 5.74) is 1.19. The zero-order chi connectivity index (χ0) is 21.1. The number of rotatable bonds is 5. The van der Waals surface area contributed by atoms with Crippen LogP contribution >= 0.6 is 35.0 Å². The predicted octanol–water partition coefficient (Wildman–Crippen LogP) is 5.56. The van der Waals surface area contributed by atoms with Gasteiger partial charge in [-0.1, -0.05) is 53.2 Å². The molecule has 1 N–H and O–H groups in total. The van der Waals surface area contributed by atoms with E-state index in [1.54, 1.807) is 48.5 Å². The van der Waals surface area contributed by atoms with Crippen molar-refractivity contribution in [2.75, 3.05) is 0 Å². The summed E-state index contributed by atoms with van der Waals surface area (Å²) in [5.74, 6) is 0.273. The highest BCUT2D eigenvalue weighted by Gasteiger charge is 2.31. The number of amidine groups is 1. The fraction of sp³-hybridized carbons (Fsp3) is 0.0952. The third-order valence-electron chi connectivity index (χ3n) is 4.30. The van der Waals surface area contributed by atoms with E-state index < -0.39 is 0 Å². The van der Waals surface area contributed by atoms with E-state index in [0.717, 1.165) is 5.56 Å². The molecule has 0 radical (unpaired) electrons. The molecular weight excluding hydrogens is 448 g/mol. The van der Waals surface area contributed by atoms with E-state index in [4.69, 9.17) is 27.6 Å². The maximum absolute atomic E-state index is 13.8. The lowest BCUT2D eigenvalue weighted by atomic mass is 10.1. The molecule has 5 nitrogen and oxygen atoms in total. The molecule has 1 aliphatic heterocycles. The van der Waals surface area contributed by atoms with Crippen molar-refractivity contribution in [3.8, 4) is 11.3 Å². The van der Waals surface area contributed by atoms with Crippen LogP contribution in [0, 0.1) is 5.82 Å². The zero-order valence-corrected chi connectivity index (χ0v) is 17.6. The summed E-state index contributed by atoms with van der Waals surface area (Å²) in [7, 11) is 0. The van der Waals surface area contributed by atoms with Crippen molar-refractivity contribution in [3.05, 3.63) is 81.8 Å². The third kappa shape index (κ3) is 4.75. The SMILES string of the molecule is O=C1NC(=NN=Cc2ccc(-c3ccccc3F)o2)SC1Cc1ccc(Cl)cc1Cl. The largest absolute Gasteiger partial charge is 0.455 e. The number of carbonyl (C=O) groups excluding carboxylic acids is 1. The molecule has 9 heteroatoms. The number of furan rings is 1. The molecule has 1 aromatic heterocycles. The highest BCUT2D eigenvalue weighted by Crippen LogP contribution is 2.28. The van der Waals surface area contributed by atoms with Crippen molar-refractivity contribution < 1.29 is 13.6 Å². The molecular formula is C21H14Cl2FN3O2S. The van der Waals surface area contributed by atoms with E-state index in [-0.39, 0.29) is 17.0 Å². The molecule has 2 aromatic carbocycles. The summed E-state index contributed by atoms with van der Waals surface area (Å²) in [5, 5.41) is 11.7. The van der Waals surface area contributed by atoms with Gasteiger partial charge >= 0.3 is 0 Å². The first kappa shape index (κ1) is 20.7. The molecule has 3 aromatic rings. The number of halogens is 3. The van der Waals surface area contributed by atoms with Crippen molar-refractivity contribution in [2.24, 2.45) is 10.2 Å². The van der Waals surface area contributed by atoms with E-state index >= 15 is 0 Å². The van der Waals surface area contributed by atoms with Gasteiger partial charge in [0.25, 0.3) is 0 Å². The van der Waals surface area contributed by atoms with Gasteiger partial charge in [-0.3, -0.25) is 4.79 Å². The average molecular weight is 462 g/mol. The van der Waals surface area contributed by atoms with Crippen LogP contribution in [0.15, 0.2) is 69.2 Å². The third-order valence-corrected chi connectivity index (χ3v) is 5.96. The maximum atomic E-state index is 13.8. The number of hydrogen-bond acceptors (Lipinski definition) is 5. The Bertz CT molecular complexity index is 1160. The van der Waals surface area contributed by atoms with Gasteiger partial charge in [-0.25, -0.2) is 4.39 Å². The summed E-state index contributed by atoms with van der Waals surface area (Å²) in [6.45, 7) is 0. The average Bonchev–Trinajstić information content (AvgIpc) is 3.31. The Morgan fingerprint density at radius 1 is 1.17 bits per heavy atom. The monoisotopic (exact) mass is 461 g/mol. The molecule has 1 atom stereocenters. The van der Waals surface area contributed by atoms with Gasteiger partial charge in [0, 0.05) is 10.0 Å². The molecule has 2 heterocycles. The number of nitrogens with one attached hydrogen (secondary N) is 1. The first-order chi connectivity index (χ1) is 14.5. The second-order valence-corrected chi connectivity index (χ2v) is 8.40. The van der Waals surface area contributed by atoms with Crippen LogP contribution in [0.2, 0.25) is 10.0 Å². The van der Waals surface area contributed by atoms with Crippen LogP contribution in [0.1, 0.15) is 11.3 Å². The molecule has 0 saturated carbocycles. The summed E-state index contributed by atoms with van der Waals surface area (Å²) in [6, 6.07) is 14.8. The highest BCUT2D eigenvalue weighted by atomic mass is 35.5. The Morgan fingerprint density at radius 3 is 2.80 bits per heavy atom. The normalized spacial score (nSPS) is 17.8. The maximum Gasteiger partial charge on any atom is 0.239 e. The van der Waals surface area contributed by atoms with Crippen molar-refractivity contribution in [1.29, 1.82) is 0 Å². The fourth-order valence-corrected chi connectivity index (χ4v) is 4.28. The standard InChI is InChI=1S/C21H14Cl2FN3O2S/c22-13-6-5-12(16(23)10-13)9-19-20(28)26-21(30-19)27-25-11-14-7-8-18(29-14)15-3-1-2-4-17(15)24/h1-8,10-11,19H,9H2,(H,26,27,28). The van der Waals surface area contributed by atoms with E-state index in [0.29, 0.717) is 38.7 Å². The molecule has 0 aliphatic carbocycles. The molecule has 152 valence electrons. The van der Waals surface area contributed by atoms with Gasteiger partial charge in [-0.2, -0.15) is 5.10 Å². The van der Waals surface area contributed by atoms with Gasteiger partial charge in [-0.15, -0.1) is 5.10 Å². The van der Waals surface area contributed by atoms with Gasteiger partial charge in [0.15, 0.2) is 5.17 Å². The Hall–Kier alpha value is -2.61. The Kier molecular flexibility index (Phi) is 6.22. The zero-order valence-electron chi connectivity index (χ0n) is 15.3. The van der Waals surface area contributed by atoms with Gasteiger partial charge in [0.1, 0.15) is 17.3 Å². The minimum atomic E-state index is -0.368. The lowest BCUT2D eigenvalue weighted by molar-refractivity contribution is -0.118. The predicted molar refractivity (Wildman–Crippen MR) is 119 cm³/mol. The lowest BCUT2D eigenvalue weighted by Crippen LogP contribution is -2.26. The smallest absolute Gasteiger partial charge is 0.239 e. The molecule has 1 unspecified atom stereocenters. The number of thioether (sulfide) groups is 1. The molecule has 4 rings (SSSR count). The molecule has 0 spiro atoms. The van der Waals surface area contributed by atoms with Gasteiger partial charge < -0.3 is 9.73 Å². The molecule has 1 saturated heterocycles. The second-order valence-electron chi connectivity index (χ2n) is 6.37. The molecule has 30 heavy (non-hydrogen) atoms. The number of amides is 1. The number of nitrogens with zero attached hydrogens (tertiary/aromatic N) is 2. The van der Waals surface area contributed by atoms with Crippen LogP contribution in [0.5, 0.6) is 0 Å². The second kappa shape index (κ2) is 9.04. The van der Waals surface area contributed by atoms with E-state index in [9.17, 15) is 9.18 Å². The number of carbonyl (C=O) groups is 1. The van der Waals surface area contributed by atoms with Crippen LogP contribution in [0.25, 0.3) is 11.3 Å². The van der Waals surface area contributed by atoms with E-state index in [1.807, 2.05) is 0 Å².